The molecule has 0 unspecified atom stereocenters. The largest absolute Gasteiger partial charge is 0.465 e. The van der Waals surface area contributed by atoms with Crippen molar-refractivity contribution in [2.75, 3.05) is 12.4 Å². The lowest BCUT2D eigenvalue weighted by Gasteiger charge is -2.07. The Labute approximate surface area is 157 Å². The van der Waals surface area contributed by atoms with Gasteiger partial charge in [-0.1, -0.05) is 11.6 Å². The van der Waals surface area contributed by atoms with Crippen molar-refractivity contribution in [2.45, 2.75) is 0 Å². The molecule has 0 bridgehead atoms. The molecule has 27 heavy (non-hydrogen) atoms. The fourth-order valence-electron chi connectivity index (χ4n) is 2.31. The lowest BCUT2D eigenvalue weighted by Crippen LogP contribution is -2.11. The summed E-state index contributed by atoms with van der Waals surface area (Å²) >= 11 is 6.01. The number of aromatic nitrogens is 2. The van der Waals surface area contributed by atoms with Crippen LogP contribution in [-0.2, 0) is 4.74 Å². The standard InChI is InChI=1S/C18H12ClF2N3O3/c1-27-18(26)13-4-3-12(7-14(13)19)23-17(25)10-8-22-24(9-10)16-5-2-11(20)6-15(16)21/h2-9H,1H3,(H,23,25). The predicted molar refractivity (Wildman–Crippen MR) is 94.2 cm³/mol. The average Bonchev–Trinajstić information content (AvgIpc) is 3.11. The van der Waals surface area contributed by atoms with Gasteiger partial charge in [0.05, 0.1) is 29.5 Å². The number of methoxy groups -OCH3 is 1. The molecule has 0 saturated heterocycles. The van der Waals surface area contributed by atoms with Gasteiger partial charge in [0.25, 0.3) is 5.91 Å². The number of carbonyl (C=O) groups excluding carboxylic acids is 2. The van der Waals surface area contributed by atoms with E-state index in [4.69, 9.17) is 11.6 Å². The summed E-state index contributed by atoms with van der Waals surface area (Å²) in [6.07, 6.45) is 2.54. The van der Waals surface area contributed by atoms with E-state index in [1.807, 2.05) is 0 Å². The van der Waals surface area contributed by atoms with Gasteiger partial charge in [-0.05, 0) is 30.3 Å². The summed E-state index contributed by atoms with van der Waals surface area (Å²) in [4.78, 5) is 23.8. The van der Waals surface area contributed by atoms with Gasteiger partial charge in [-0.3, -0.25) is 4.79 Å². The van der Waals surface area contributed by atoms with E-state index in [0.29, 0.717) is 5.69 Å². The number of hydrogen-bond acceptors (Lipinski definition) is 4. The normalized spacial score (nSPS) is 10.5. The molecule has 3 rings (SSSR count). The van der Waals surface area contributed by atoms with Crippen LogP contribution >= 0.6 is 11.6 Å². The van der Waals surface area contributed by atoms with Crippen LogP contribution in [0, 0.1) is 11.6 Å². The highest BCUT2D eigenvalue weighted by Crippen LogP contribution is 2.22. The minimum absolute atomic E-state index is 0.000857. The number of ether oxygens (including phenoxy) is 1. The Morgan fingerprint density at radius 3 is 2.63 bits per heavy atom. The smallest absolute Gasteiger partial charge is 0.339 e. The quantitative estimate of drug-likeness (QED) is 0.686. The molecule has 0 aliphatic rings. The molecule has 1 aromatic heterocycles. The van der Waals surface area contributed by atoms with Gasteiger partial charge >= 0.3 is 5.97 Å². The third kappa shape index (κ3) is 3.95. The van der Waals surface area contributed by atoms with E-state index in [2.05, 4.69) is 15.2 Å². The summed E-state index contributed by atoms with van der Waals surface area (Å²) in [5.74, 6) is -2.64. The molecule has 1 N–H and O–H groups in total. The number of carbonyl (C=O) groups is 2. The first-order chi connectivity index (χ1) is 12.9. The fraction of sp³-hybridized carbons (Fsp3) is 0.0556. The first-order valence-corrected chi connectivity index (χ1v) is 7.96. The monoisotopic (exact) mass is 391 g/mol. The van der Waals surface area contributed by atoms with Crippen LogP contribution in [0.5, 0.6) is 0 Å². The Hall–Kier alpha value is -3.26. The Kier molecular flexibility index (Phi) is 5.18. The summed E-state index contributed by atoms with van der Waals surface area (Å²) in [6, 6.07) is 7.33. The molecule has 6 nitrogen and oxygen atoms in total. The summed E-state index contributed by atoms with van der Waals surface area (Å²) in [6.45, 7) is 0. The third-order valence-electron chi connectivity index (χ3n) is 3.63. The molecule has 0 atom stereocenters. The van der Waals surface area contributed by atoms with E-state index < -0.39 is 23.5 Å². The molecule has 2 aromatic carbocycles. The van der Waals surface area contributed by atoms with Crippen LogP contribution in [0.1, 0.15) is 20.7 Å². The number of halogens is 3. The first-order valence-electron chi connectivity index (χ1n) is 7.58. The van der Waals surface area contributed by atoms with Gasteiger partial charge in [-0.2, -0.15) is 5.10 Å². The highest BCUT2D eigenvalue weighted by molar-refractivity contribution is 6.34. The van der Waals surface area contributed by atoms with Crippen LogP contribution in [0.25, 0.3) is 5.69 Å². The predicted octanol–water partition coefficient (Wildman–Crippen LogP) is 3.84. The van der Waals surface area contributed by atoms with Crippen LogP contribution in [0.4, 0.5) is 14.5 Å². The molecule has 0 fully saturated rings. The minimum atomic E-state index is -0.810. The zero-order chi connectivity index (χ0) is 19.6. The Balaban J connectivity index is 1.78. The molecule has 0 aliphatic heterocycles. The maximum atomic E-state index is 13.8. The van der Waals surface area contributed by atoms with Gasteiger partial charge in [0.15, 0.2) is 5.82 Å². The molecular weight excluding hydrogens is 380 g/mol. The second kappa shape index (κ2) is 7.55. The Bertz CT molecular complexity index is 1040. The van der Waals surface area contributed by atoms with Crippen molar-refractivity contribution in [2.24, 2.45) is 0 Å². The number of amides is 1. The van der Waals surface area contributed by atoms with Crippen LogP contribution in [-0.4, -0.2) is 28.8 Å². The van der Waals surface area contributed by atoms with Crippen molar-refractivity contribution >= 4 is 29.2 Å². The molecule has 0 spiro atoms. The molecular formula is C18H12ClF2N3O3. The number of esters is 1. The zero-order valence-corrected chi connectivity index (χ0v) is 14.6. The number of nitrogens with one attached hydrogen (secondary N) is 1. The van der Waals surface area contributed by atoms with Gasteiger partial charge < -0.3 is 10.1 Å². The van der Waals surface area contributed by atoms with Crippen LogP contribution in [0.2, 0.25) is 5.02 Å². The van der Waals surface area contributed by atoms with Gasteiger partial charge in [0.1, 0.15) is 11.5 Å². The Morgan fingerprint density at radius 1 is 1.19 bits per heavy atom. The molecule has 1 amide bonds. The summed E-state index contributed by atoms with van der Waals surface area (Å²) < 4.78 is 32.5. The summed E-state index contributed by atoms with van der Waals surface area (Å²) in [5.41, 5.74) is 0.656. The fourth-order valence-corrected chi connectivity index (χ4v) is 2.57. The molecule has 1 heterocycles. The van der Waals surface area contributed by atoms with E-state index in [-0.39, 0.29) is 21.8 Å². The highest BCUT2D eigenvalue weighted by atomic mass is 35.5. The van der Waals surface area contributed by atoms with Crippen molar-refractivity contribution < 1.29 is 23.1 Å². The highest BCUT2D eigenvalue weighted by Gasteiger charge is 2.15. The van der Waals surface area contributed by atoms with Gasteiger partial charge in [0, 0.05) is 18.0 Å². The number of anilines is 1. The third-order valence-corrected chi connectivity index (χ3v) is 3.95. The maximum Gasteiger partial charge on any atom is 0.339 e. The number of nitrogens with zero attached hydrogens (tertiary/aromatic N) is 2. The number of rotatable bonds is 4. The van der Waals surface area contributed by atoms with E-state index in [9.17, 15) is 18.4 Å². The number of hydrogen-bond donors (Lipinski definition) is 1. The van der Waals surface area contributed by atoms with Crippen LogP contribution in [0.15, 0.2) is 48.8 Å². The lowest BCUT2D eigenvalue weighted by atomic mass is 10.2. The number of benzene rings is 2. The molecule has 0 aliphatic carbocycles. The van der Waals surface area contributed by atoms with Crippen LogP contribution < -0.4 is 5.32 Å². The lowest BCUT2D eigenvalue weighted by molar-refractivity contribution is 0.0601. The van der Waals surface area contributed by atoms with Gasteiger partial charge in [-0.15, -0.1) is 0 Å². The van der Waals surface area contributed by atoms with Gasteiger partial charge in [0.2, 0.25) is 0 Å². The molecule has 3 aromatic rings. The van der Waals surface area contributed by atoms with Crippen molar-refractivity contribution in [3.63, 3.8) is 0 Å². The topological polar surface area (TPSA) is 73.2 Å². The summed E-state index contributed by atoms with van der Waals surface area (Å²) in [5, 5.41) is 6.62. The zero-order valence-electron chi connectivity index (χ0n) is 13.9. The SMILES string of the molecule is COC(=O)c1ccc(NC(=O)c2cnn(-c3ccc(F)cc3F)c2)cc1Cl. The minimum Gasteiger partial charge on any atom is -0.465 e. The van der Waals surface area contributed by atoms with Crippen molar-refractivity contribution in [3.8, 4) is 5.69 Å². The average molecular weight is 392 g/mol. The van der Waals surface area contributed by atoms with E-state index in [1.54, 1.807) is 0 Å². The van der Waals surface area contributed by atoms with Crippen molar-refractivity contribution in [1.82, 2.24) is 9.78 Å². The molecule has 0 radical (unpaired) electrons. The maximum absolute atomic E-state index is 13.8. The van der Waals surface area contributed by atoms with Gasteiger partial charge in [-0.25, -0.2) is 18.3 Å². The van der Waals surface area contributed by atoms with E-state index in [0.717, 1.165) is 16.8 Å². The van der Waals surface area contributed by atoms with Crippen LogP contribution in [0.3, 0.4) is 0 Å². The van der Waals surface area contributed by atoms with Crippen molar-refractivity contribution in [1.29, 1.82) is 0 Å². The molecule has 138 valence electrons. The summed E-state index contributed by atoms with van der Waals surface area (Å²) in [7, 11) is 1.23. The first kappa shape index (κ1) is 18.5. The van der Waals surface area contributed by atoms with E-state index in [1.165, 1.54) is 43.8 Å². The van der Waals surface area contributed by atoms with Crippen molar-refractivity contribution in [3.05, 3.63) is 76.6 Å². The Morgan fingerprint density at radius 2 is 1.96 bits per heavy atom. The second-order valence-electron chi connectivity index (χ2n) is 5.41. The second-order valence-corrected chi connectivity index (χ2v) is 5.82. The molecule has 0 saturated carbocycles. The molecule has 9 heteroatoms. The van der Waals surface area contributed by atoms with E-state index >= 15 is 0 Å².